The van der Waals surface area contributed by atoms with Crippen LogP contribution in [-0.2, 0) is 22.4 Å². The molecule has 0 radical (unpaired) electrons. The summed E-state index contributed by atoms with van der Waals surface area (Å²) in [6.45, 7) is 5.56. The summed E-state index contributed by atoms with van der Waals surface area (Å²) in [4.78, 5) is 30.0. The minimum Gasteiger partial charge on any atom is -0.485 e. The Hall–Kier alpha value is -4.44. The van der Waals surface area contributed by atoms with Crippen molar-refractivity contribution in [2.45, 2.75) is 59.0 Å². The van der Waals surface area contributed by atoms with E-state index in [1.54, 1.807) is 17.6 Å². The molecule has 0 spiro atoms. The molecule has 1 amide bonds. The van der Waals surface area contributed by atoms with Crippen LogP contribution in [0.4, 0.5) is 0 Å². The quantitative estimate of drug-likeness (QED) is 0.435. The largest absolute Gasteiger partial charge is 0.485 e. The van der Waals surface area contributed by atoms with Crippen LogP contribution in [0.3, 0.4) is 0 Å². The summed E-state index contributed by atoms with van der Waals surface area (Å²) < 4.78 is 7.32. The number of nitriles is 1. The SMILES string of the molecule is CCCc1nc(C)n(C2=CC=C(OC(C)C(N)=O)CC2)c(=O)c1Cc1ccc(-c2ccccc2C#N)cc1. The van der Waals surface area contributed by atoms with Gasteiger partial charge in [0.1, 0.15) is 5.82 Å². The molecule has 1 aliphatic carbocycles. The van der Waals surface area contributed by atoms with Gasteiger partial charge in [0, 0.05) is 24.1 Å². The number of aromatic nitrogens is 2. The maximum absolute atomic E-state index is 13.8. The molecular weight excluding hydrogens is 476 g/mol. The predicted molar refractivity (Wildman–Crippen MR) is 148 cm³/mol. The van der Waals surface area contributed by atoms with E-state index < -0.39 is 12.0 Å². The van der Waals surface area contributed by atoms with Crippen molar-refractivity contribution in [3.05, 3.63) is 105 Å². The number of primary amides is 1. The molecule has 7 nitrogen and oxygen atoms in total. The van der Waals surface area contributed by atoms with Crippen LogP contribution in [0, 0.1) is 18.3 Å². The number of ether oxygens (including phenoxy) is 1. The van der Waals surface area contributed by atoms with Gasteiger partial charge >= 0.3 is 0 Å². The first-order chi connectivity index (χ1) is 18.3. The summed E-state index contributed by atoms with van der Waals surface area (Å²) in [5, 5.41) is 9.44. The van der Waals surface area contributed by atoms with Crippen molar-refractivity contribution in [1.29, 1.82) is 5.26 Å². The second-order valence-electron chi connectivity index (χ2n) is 9.46. The number of carbonyl (C=O) groups excluding carboxylic acids is 1. The average molecular weight is 509 g/mol. The van der Waals surface area contributed by atoms with E-state index in [4.69, 9.17) is 15.5 Å². The minimum absolute atomic E-state index is 0.0608. The minimum atomic E-state index is -0.706. The van der Waals surface area contributed by atoms with Gasteiger partial charge in [-0.25, -0.2) is 4.98 Å². The Labute approximate surface area is 222 Å². The van der Waals surface area contributed by atoms with Crippen LogP contribution in [0.2, 0.25) is 0 Å². The lowest BCUT2D eigenvalue weighted by Gasteiger charge is -2.21. The summed E-state index contributed by atoms with van der Waals surface area (Å²) in [6, 6.07) is 17.8. The number of aryl methyl sites for hydroxylation is 2. The Morgan fingerprint density at radius 2 is 1.89 bits per heavy atom. The third-order valence-electron chi connectivity index (χ3n) is 6.72. The highest BCUT2D eigenvalue weighted by Crippen LogP contribution is 2.26. The van der Waals surface area contributed by atoms with Gasteiger partial charge in [-0.05, 0) is 61.6 Å². The Morgan fingerprint density at radius 3 is 2.53 bits per heavy atom. The van der Waals surface area contributed by atoms with Gasteiger partial charge in [-0.15, -0.1) is 0 Å². The fraction of sp³-hybridized carbons (Fsp3) is 0.290. The Morgan fingerprint density at radius 1 is 1.16 bits per heavy atom. The number of nitrogens with zero attached hydrogens (tertiary/aromatic N) is 3. The van der Waals surface area contributed by atoms with E-state index >= 15 is 0 Å². The molecule has 1 atom stereocenters. The molecule has 0 aliphatic heterocycles. The van der Waals surface area contributed by atoms with Gasteiger partial charge in [-0.1, -0.05) is 55.8 Å². The summed E-state index contributed by atoms with van der Waals surface area (Å²) in [5.74, 6) is 0.801. The highest BCUT2D eigenvalue weighted by molar-refractivity contribution is 5.78. The van der Waals surface area contributed by atoms with E-state index in [-0.39, 0.29) is 5.56 Å². The standard InChI is InChI=1S/C31H32N4O3/c1-4-7-29-28(18-22-10-12-23(13-11-22)27-9-6-5-8-24(27)19-32)31(37)35(21(3)34-29)25-14-16-26(17-15-25)38-20(2)30(33)36/h5-6,8-14,16,20H,4,7,15,17-18H2,1-3H3,(H2,33,36). The predicted octanol–water partition coefficient (Wildman–Crippen LogP) is 5.04. The molecule has 194 valence electrons. The van der Waals surface area contributed by atoms with Crippen LogP contribution in [-0.4, -0.2) is 21.6 Å². The fourth-order valence-electron chi connectivity index (χ4n) is 4.69. The van der Waals surface area contributed by atoms with E-state index in [0.29, 0.717) is 42.0 Å². The van der Waals surface area contributed by atoms with Crippen molar-refractivity contribution in [3.8, 4) is 17.2 Å². The zero-order valence-electron chi connectivity index (χ0n) is 22.0. The first-order valence-electron chi connectivity index (χ1n) is 12.9. The van der Waals surface area contributed by atoms with Crippen LogP contribution < -0.4 is 11.3 Å². The highest BCUT2D eigenvalue weighted by atomic mass is 16.5. The number of hydrogen-bond acceptors (Lipinski definition) is 5. The number of nitrogens with two attached hydrogens (primary N) is 1. The second-order valence-corrected chi connectivity index (χ2v) is 9.46. The van der Waals surface area contributed by atoms with Gasteiger partial charge in [0.2, 0.25) is 0 Å². The molecule has 0 saturated heterocycles. The molecule has 3 aromatic rings. The van der Waals surface area contributed by atoms with Gasteiger partial charge in [0.15, 0.2) is 6.10 Å². The zero-order valence-corrected chi connectivity index (χ0v) is 22.0. The van der Waals surface area contributed by atoms with Gasteiger partial charge < -0.3 is 10.5 Å². The van der Waals surface area contributed by atoms with Crippen molar-refractivity contribution in [3.63, 3.8) is 0 Å². The topological polar surface area (TPSA) is 111 Å². The first kappa shape index (κ1) is 26.6. The van der Waals surface area contributed by atoms with Gasteiger partial charge in [0.25, 0.3) is 11.5 Å². The number of rotatable bonds is 9. The van der Waals surface area contributed by atoms with Crippen molar-refractivity contribution in [2.24, 2.45) is 5.73 Å². The number of benzene rings is 2. The van der Waals surface area contributed by atoms with Crippen LogP contribution in [0.15, 0.2) is 71.2 Å². The van der Waals surface area contributed by atoms with Gasteiger partial charge in [-0.3, -0.25) is 14.2 Å². The van der Waals surface area contributed by atoms with Crippen molar-refractivity contribution in [1.82, 2.24) is 9.55 Å². The summed E-state index contributed by atoms with van der Waals surface area (Å²) >= 11 is 0. The molecule has 4 rings (SSSR count). The van der Waals surface area contributed by atoms with E-state index in [1.807, 2.05) is 61.5 Å². The first-order valence-corrected chi connectivity index (χ1v) is 12.9. The lowest BCUT2D eigenvalue weighted by molar-refractivity contribution is -0.126. The maximum atomic E-state index is 13.8. The average Bonchev–Trinajstić information content (AvgIpc) is 2.92. The molecule has 0 bridgehead atoms. The smallest absolute Gasteiger partial charge is 0.261 e. The fourth-order valence-corrected chi connectivity index (χ4v) is 4.69. The molecule has 2 aromatic carbocycles. The number of amides is 1. The molecule has 0 fully saturated rings. The lowest BCUT2D eigenvalue weighted by Crippen LogP contribution is -2.30. The van der Waals surface area contributed by atoms with E-state index in [9.17, 15) is 14.9 Å². The normalized spacial score (nSPS) is 13.7. The molecule has 2 N–H and O–H groups in total. The van der Waals surface area contributed by atoms with Crippen LogP contribution >= 0.6 is 0 Å². The third kappa shape index (κ3) is 5.76. The summed E-state index contributed by atoms with van der Waals surface area (Å²) in [6.07, 6.45) is 6.16. The highest BCUT2D eigenvalue weighted by Gasteiger charge is 2.20. The van der Waals surface area contributed by atoms with Crippen LogP contribution in [0.25, 0.3) is 16.8 Å². The Balaban J connectivity index is 1.66. The van der Waals surface area contributed by atoms with Crippen LogP contribution in [0.1, 0.15) is 61.3 Å². The molecule has 1 aromatic heterocycles. The van der Waals surface area contributed by atoms with Gasteiger partial charge in [0.05, 0.1) is 23.1 Å². The molecule has 7 heteroatoms. The number of carbonyl (C=O) groups is 1. The molecule has 1 heterocycles. The Kier molecular flexibility index (Phi) is 8.22. The monoisotopic (exact) mass is 508 g/mol. The van der Waals surface area contributed by atoms with Crippen molar-refractivity contribution in [2.75, 3.05) is 0 Å². The number of hydrogen-bond donors (Lipinski definition) is 1. The van der Waals surface area contributed by atoms with Crippen LogP contribution in [0.5, 0.6) is 0 Å². The zero-order chi connectivity index (χ0) is 27.2. The van der Waals surface area contributed by atoms with E-state index in [2.05, 4.69) is 13.0 Å². The third-order valence-corrected chi connectivity index (χ3v) is 6.72. The molecule has 0 saturated carbocycles. The lowest BCUT2D eigenvalue weighted by atomic mass is 9.97. The second kappa shape index (κ2) is 11.7. The molecule has 38 heavy (non-hydrogen) atoms. The summed E-state index contributed by atoms with van der Waals surface area (Å²) in [5.41, 5.74) is 11.1. The number of allylic oxidation sites excluding steroid dienone is 4. The molecule has 1 unspecified atom stereocenters. The van der Waals surface area contributed by atoms with Gasteiger partial charge in [-0.2, -0.15) is 5.26 Å². The Bertz CT molecular complexity index is 1510. The maximum Gasteiger partial charge on any atom is 0.261 e. The van der Waals surface area contributed by atoms with E-state index in [1.165, 1.54) is 0 Å². The van der Waals surface area contributed by atoms with E-state index in [0.717, 1.165) is 40.9 Å². The van der Waals surface area contributed by atoms with Crippen molar-refractivity contribution >= 4 is 11.6 Å². The van der Waals surface area contributed by atoms with Crippen molar-refractivity contribution < 1.29 is 9.53 Å². The molecular formula is C31H32N4O3. The summed E-state index contributed by atoms with van der Waals surface area (Å²) in [7, 11) is 0. The molecule has 1 aliphatic rings.